The lowest BCUT2D eigenvalue weighted by Crippen LogP contribution is -2.33. The Balaban J connectivity index is 1.71. The number of aromatic nitrogens is 3. The Kier molecular flexibility index (Phi) is 9.16. The number of aryl methyl sites for hydroxylation is 1. The van der Waals surface area contributed by atoms with Crippen molar-refractivity contribution in [3.8, 4) is 0 Å². The Bertz CT molecular complexity index is 1180. The van der Waals surface area contributed by atoms with Gasteiger partial charge in [0.1, 0.15) is 0 Å². The number of hydrogen-bond acceptors (Lipinski definition) is 5. The van der Waals surface area contributed by atoms with Gasteiger partial charge in [0.05, 0.1) is 16.8 Å². The number of anilines is 1. The van der Waals surface area contributed by atoms with Crippen LogP contribution in [0.5, 0.6) is 0 Å². The van der Waals surface area contributed by atoms with Gasteiger partial charge in [-0.2, -0.15) is 0 Å². The summed E-state index contributed by atoms with van der Waals surface area (Å²) in [5.74, 6) is 0.583. The number of nitrogens with zero attached hydrogens (tertiary/aromatic N) is 3. The molecule has 0 saturated carbocycles. The third-order valence-electron chi connectivity index (χ3n) is 5.11. The van der Waals surface area contributed by atoms with Crippen LogP contribution in [0.2, 0.25) is 5.02 Å². The van der Waals surface area contributed by atoms with Crippen LogP contribution in [0.25, 0.3) is 0 Å². The Hall–Kier alpha value is -2.36. The molecule has 34 heavy (non-hydrogen) atoms. The molecule has 3 rings (SSSR count). The summed E-state index contributed by atoms with van der Waals surface area (Å²) in [7, 11) is 0. The highest BCUT2D eigenvalue weighted by Gasteiger charge is 2.26. The van der Waals surface area contributed by atoms with Crippen molar-refractivity contribution in [2.45, 2.75) is 45.4 Å². The molecule has 0 aliphatic rings. The maximum absolute atomic E-state index is 12.9. The Labute approximate surface area is 217 Å². The lowest BCUT2D eigenvalue weighted by atomic mass is 10.0. The Morgan fingerprint density at radius 2 is 1.94 bits per heavy atom. The summed E-state index contributed by atoms with van der Waals surface area (Å²) >= 11 is 10.7. The minimum atomic E-state index is -0.325. The van der Waals surface area contributed by atoms with Crippen LogP contribution in [0.3, 0.4) is 0 Å². The molecule has 0 fully saturated rings. The van der Waals surface area contributed by atoms with Crippen LogP contribution in [0.1, 0.15) is 48.6 Å². The Morgan fingerprint density at radius 1 is 1.18 bits per heavy atom. The summed E-state index contributed by atoms with van der Waals surface area (Å²) in [5.41, 5.74) is 2.25. The summed E-state index contributed by atoms with van der Waals surface area (Å²) in [6.45, 7) is 8.60. The van der Waals surface area contributed by atoms with Crippen molar-refractivity contribution < 1.29 is 9.59 Å². The van der Waals surface area contributed by atoms with Crippen molar-refractivity contribution in [1.29, 1.82) is 0 Å². The second kappa shape index (κ2) is 11.9. The number of nitrogens with one attached hydrogen (secondary N) is 2. The van der Waals surface area contributed by atoms with E-state index in [0.717, 1.165) is 10.0 Å². The van der Waals surface area contributed by atoms with Crippen molar-refractivity contribution in [3.05, 3.63) is 68.9 Å². The first kappa shape index (κ1) is 26.2. The van der Waals surface area contributed by atoms with E-state index in [9.17, 15) is 9.59 Å². The maximum atomic E-state index is 12.9. The van der Waals surface area contributed by atoms with Gasteiger partial charge in [0.15, 0.2) is 11.0 Å². The third-order valence-corrected chi connectivity index (χ3v) is 7.31. The van der Waals surface area contributed by atoms with E-state index in [1.54, 1.807) is 24.3 Å². The van der Waals surface area contributed by atoms with Crippen molar-refractivity contribution in [2.24, 2.45) is 5.92 Å². The number of benzene rings is 2. The quantitative estimate of drug-likeness (QED) is 0.317. The molecule has 0 unspecified atom stereocenters. The summed E-state index contributed by atoms with van der Waals surface area (Å²) in [6.07, 6.45) is 0. The molecule has 0 radical (unpaired) electrons. The normalized spacial score (nSPS) is 12.0. The van der Waals surface area contributed by atoms with E-state index in [1.807, 2.05) is 50.5 Å². The van der Waals surface area contributed by atoms with Crippen LogP contribution in [0.15, 0.2) is 52.1 Å². The second-order valence-corrected chi connectivity index (χ2v) is 10.3. The molecular formula is C24H27BrClN5O2S. The molecule has 2 aromatic carbocycles. The number of rotatable bonds is 9. The molecule has 180 valence electrons. The minimum Gasteiger partial charge on any atom is -0.342 e. The number of carbonyl (C=O) groups excluding carboxylic acids is 2. The van der Waals surface area contributed by atoms with Crippen LogP contribution in [0, 0.1) is 12.8 Å². The summed E-state index contributed by atoms with van der Waals surface area (Å²) in [5, 5.41) is 15.8. The van der Waals surface area contributed by atoms with Gasteiger partial charge in [-0.1, -0.05) is 54.9 Å². The average Bonchev–Trinajstić information content (AvgIpc) is 3.20. The van der Waals surface area contributed by atoms with Crippen LogP contribution in [0.4, 0.5) is 5.69 Å². The molecule has 1 atom stereocenters. The standard InChI is InChI=1S/C24H27BrClN5O2S/c1-5-31-22(21(14(2)3)28-23(33)16-8-6-7-15(4)11-16)29-30-24(31)34-13-20(32)27-17-9-10-18(25)19(26)12-17/h6-12,14,21H,5,13H2,1-4H3,(H,27,32)(H,28,33)/t21-/m0/s1. The van der Waals surface area contributed by atoms with Gasteiger partial charge in [0.2, 0.25) is 5.91 Å². The molecule has 0 spiro atoms. The predicted molar refractivity (Wildman–Crippen MR) is 140 cm³/mol. The highest BCUT2D eigenvalue weighted by atomic mass is 79.9. The highest BCUT2D eigenvalue weighted by molar-refractivity contribution is 9.10. The van der Waals surface area contributed by atoms with E-state index in [4.69, 9.17) is 11.6 Å². The van der Waals surface area contributed by atoms with Crippen molar-refractivity contribution in [1.82, 2.24) is 20.1 Å². The van der Waals surface area contributed by atoms with E-state index >= 15 is 0 Å². The van der Waals surface area contributed by atoms with Crippen LogP contribution in [-0.2, 0) is 11.3 Å². The van der Waals surface area contributed by atoms with E-state index in [-0.39, 0.29) is 29.5 Å². The van der Waals surface area contributed by atoms with Gasteiger partial charge < -0.3 is 15.2 Å². The first-order valence-electron chi connectivity index (χ1n) is 10.9. The number of halogens is 2. The van der Waals surface area contributed by atoms with Gasteiger partial charge in [0.25, 0.3) is 5.91 Å². The zero-order chi connectivity index (χ0) is 24.8. The summed E-state index contributed by atoms with van der Waals surface area (Å²) in [4.78, 5) is 25.3. The first-order chi connectivity index (χ1) is 16.2. The van der Waals surface area contributed by atoms with Gasteiger partial charge in [-0.05, 0) is 66.0 Å². The molecule has 0 aliphatic carbocycles. The molecule has 2 amide bonds. The predicted octanol–water partition coefficient (Wildman–Crippen LogP) is 5.88. The number of carbonyl (C=O) groups is 2. The molecule has 1 heterocycles. The third kappa shape index (κ3) is 6.61. The fraction of sp³-hybridized carbons (Fsp3) is 0.333. The molecular weight excluding hydrogens is 538 g/mol. The highest BCUT2D eigenvalue weighted by Crippen LogP contribution is 2.27. The SMILES string of the molecule is CCn1c(SCC(=O)Nc2ccc(Br)c(Cl)c2)nnc1[C@@H](NC(=O)c1cccc(C)c1)C(C)C. The number of hydrogen-bond donors (Lipinski definition) is 2. The van der Waals surface area contributed by atoms with Crippen LogP contribution in [-0.4, -0.2) is 32.3 Å². The van der Waals surface area contributed by atoms with Gasteiger partial charge in [-0.15, -0.1) is 10.2 Å². The molecule has 10 heteroatoms. The number of amides is 2. The number of thioether (sulfide) groups is 1. The molecule has 2 N–H and O–H groups in total. The topological polar surface area (TPSA) is 88.9 Å². The van der Waals surface area contributed by atoms with E-state index in [2.05, 4.69) is 36.8 Å². The molecule has 0 aliphatic heterocycles. The second-order valence-electron chi connectivity index (χ2n) is 8.12. The van der Waals surface area contributed by atoms with Crippen molar-refractivity contribution in [3.63, 3.8) is 0 Å². The van der Waals surface area contributed by atoms with Crippen molar-refractivity contribution >= 4 is 56.8 Å². The summed E-state index contributed by atoms with van der Waals surface area (Å²) in [6, 6.07) is 12.4. The van der Waals surface area contributed by atoms with Gasteiger partial charge in [-0.25, -0.2) is 0 Å². The monoisotopic (exact) mass is 563 g/mol. The van der Waals surface area contributed by atoms with Crippen LogP contribution < -0.4 is 10.6 Å². The molecule has 7 nitrogen and oxygen atoms in total. The largest absolute Gasteiger partial charge is 0.342 e. The fourth-order valence-electron chi connectivity index (χ4n) is 3.38. The smallest absolute Gasteiger partial charge is 0.251 e. The van der Waals surface area contributed by atoms with E-state index in [1.165, 1.54) is 11.8 Å². The zero-order valence-corrected chi connectivity index (χ0v) is 22.6. The van der Waals surface area contributed by atoms with E-state index in [0.29, 0.717) is 33.8 Å². The lowest BCUT2D eigenvalue weighted by Gasteiger charge is -2.22. The molecule has 0 saturated heterocycles. The van der Waals surface area contributed by atoms with Crippen molar-refractivity contribution in [2.75, 3.05) is 11.1 Å². The summed E-state index contributed by atoms with van der Waals surface area (Å²) < 4.78 is 2.70. The minimum absolute atomic E-state index is 0.0894. The fourth-order valence-corrected chi connectivity index (χ4v) is 4.61. The van der Waals surface area contributed by atoms with Gasteiger partial charge >= 0.3 is 0 Å². The van der Waals surface area contributed by atoms with Gasteiger partial charge in [-0.3, -0.25) is 9.59 Å². The maximum Gasteiger partial charge on any atom is 0.251 e. The lowest BCUT2D eigenvalue weighted by molar-refractivity contribution is -0.113. The molecule has 3 aromatic rings. The first-order valence-corrected chi connectivity index (χ1v) is 13.0. The van der Waals surface area contributed by atoms with E-state index < -0.39 is 0 Å². The van der Waals surface area contributed by atoms with Gasteiger partial charge in [0, 0.05) is 22.3 Å². The molecule has 0 bridgehead atoms. The van der Waals surface area contributed by atoms with Crippen LogP contribution >= 0.6 is 39.3 Å². The average molecular weight is 565 g/mol. The molecule has 1 aromatic heterocycles. The zero-order valence-electron chi connectivity index (χ0n) is 19.4. The Morgan fingerprint density at radius 3 is 2.59 bits per heavy atom.